The van der Waals surface area contributed by atoms with Crippen LogP contribution in [0.5, 0.6) is 0 Å². The summed E-state index contributed by atoms with van der Waals surface area (Å²) in [5.74, 6) is -3.97. The van der Waals surface area contributed by atoms with Crippen molar-refractivity contribution in [3.05, 3.63) is 65.0 Å². The molecule has 5 heterocycles. The number of benzene rings is 1. The van der Waals surface area contributed by atoms with Crippen molar-refractivity contribution in [1.82, 2.24) is 44.4 Å². The van der Waals surface area contributed by atoms with E-state index in [1.807, 2.05) is 4.90 Å². The Morgan fingerprint density at radius 3 is 2.20 bits per heavy atom. The zero-order chi connectivity index (χ0) is 40.2. The third kappa shape index (κ3) is 9.49. The van der Waals surface area contributed by atoms with Crippen LogP contribution in [-0.4, -0.2) is 113 Å². The van der Waals surface area contributed by atoms with Gasteiger partial charge < -0.3 is 35.8 Å². The van der Waals surface area contributed by atoms with Gasteiger partial charge in [0.15, 0.2) is 11.5 Å². The number of nitrogen functional groups attached to an aromatic ring is 1. The standard InChI is InChI=1S/C30H31ClF3N11O3.C2HF3O2/c1-42-22(20-16-45(41-24(20)30(32,33)34)29-37-9-6-23(35)40-29)15-38-25(42)26(46)39-18-2-3-19(21(31)14-18)28(48)44-12-10-43(11-13-44)27(47)17-4-7-36-8-5-17;3-2(4,5)1(6)7/h2-3,6,9,14-17,36H,4-5,7-8,10-13H2,1H3,(H,39,46)(H2,35,37,40);(H,6,7). The van der Waals surface area contributed by atoms with Gasteiger partial charge in [0.05, 0.1) is 28.0 Å². The fourth-order valence-corrected chi connectivity index (χ4v) is 6.06. The number of hydrogen-bond acceptors (Lipinski definition) is 10. The Labute approximate surface area is 312 Å². The van der Waals surface area contributed by atoms with Crippen molar-refractivity contribution >= 4 is 46.8 Å². The van der Waals surface area contributed by atoms with Gasteiger partial charge in [-0.05, 0) is 50.2 Å². The van der Waals surface area contributed by atoms with Gasteiger partial charge in [-0.15, -0.1) is 0 Å². The molecule has 0 saturated carbocycles. The number of imidazole rings is 1. The summed E-state index contributed by atoms with van der Waals surface area (Å²) < 4.78 is 75.7. The summed E-state index contributed by atoms with van der Waals surface area (Å²) in [6.45, 7) is 3.26. The second-order valence-electron chi connectivity index (χ2n) is 12.2. The summed E-state index contributed by atoms with van der Waals surface area (Å²) in [4.78, 5) is 63.6. The maximum atomic E-state index is 14.0. The molecule has 0 atom stereocenters. The van der Waals surface area contributed by atoms with Crippen LogP contribution in [0.15, 0.2) is 42.9 Å². The van der Waals surface area contributed by atoms with E-state index in [9.17, 15) is 40.7 Å². The van der Waals surface area contributed by atoms with Crippen molar-refractivity contribution in [3.63, 3.8) is 0 Å². The molecule has 0 aliphatic carbocycles. The smallest absolute Gasteiger partial charge is 0.475 e. The van der Waals surface area contributed by atoms with Gasteiger partial charge in [-0.1, -0.05) is 11.6 Å². The number of alkyl halides is 6. The van der Waals surface area contributed by atoms with E-state index in [2.05, 4.69) is 30.7 Å². The normalized spacial score (nSPS) is 15.3. The number of carboxylic acids is 1. The zero-order valence-corrected chi connectivity index (χ0v) is 29.4. The molecule has 0 radical (unpaired) electrons. The molecular weight excluding hydrogens is 768 g/mol. The number of nitrogens with one attached hydrogen (secondary N) is 2. The lowest BCUT2D eigenvalue weighted by Gasteiger charge is -2.37. The van der Waals surface area contributed by atoms with Gasteiger partial charge >= 0.3 is 18.3 Å². The molecule has 2 aliphatic heterocycles. The van der Waals surface area contributed by atoms with Crippen molar-refractivity contribution in [3.8, 4) is 17.2 Å². The van der Waals surface area contributed by atoms with Gasteiger partial charge in [0.2, 0.25) is 5.91 Å². The summed E-state index contributed by atoms with van der Waals surface area (Å²) in [6.07, 6.45) is -4.82. The van der Waals surface area contributed by atoms with E-state index in [0.717, 1.165) is 43.0 Å². The number of carbonyl (C=O) groups excluding carboxylic acids is 3. The third-order valence-corrected chi connectivity index (χ3v) is 8.90. The molecule has 0 spiro atoms. The fourth-order valence-electron chi connectivity index (χ4n) is 5.80. The van der Waals surface area contributed by atoms with Crippen LogP contribution in [0.4, 0.5) is 37.8 Å². The number of carbonyl (C=O) groups is 4. The number of nitrogens with two attached hydrogens (primary N) is 1. The summed E-state index contributed by atoms with van der Waals surface area (Å²) in [7, 11) is 1.39. The number of piperazine rings is 1. The lowest BCUT2D eigenvalue weighted by molar-refractivity contribution is -0.192. The average molecular weight is 800 g/mol. The number of rotatable bonds is 6. The number of anilines is 2. The van der Waals surface area contributed by atoms with E-state index in [0.29, 0.717) is 26.2 Å². The summed E-state index contributed by atoms with van der Waals surface area (Å²) in [6, 6.07) is 5.77. The zero-order valence-electron chi connectivity index (χ0n) is 28.7. The Kier molecular flexibility index (Phi) is 12.0. The van der Waals surface area contributed by atoms with Crippen molar-refractivity contribution in [1.29, 1.82) is 0 Å². The monoisotopic (exact) mass is 799 g/mol. The predicted molar refractivity (Wildman–Crippen MR) is 182 cm³/mol. The first kappa shape index (κ1) is 40.4. The number of aromatic nitrogens is 6. The third-order valence-electron chi connectivity index (χ3n) is 8.59. The maximum Gasteiger partial charge on any atom is 0.490 e. The molecule has 0 bridgehead atoms. The Morgan fingerprint density at radius 1 is 0.982 bits per heavy atom. The van der Waals surface area contributed by atoms with Gasteiger partial charge in [0, 0.05) is 57.2 Å². The highest BCUT2D eigenvalue weighted by atomic mass is 35.5. The van der Waals surface area contributed by atoms with Crippen molar-refractivity contribution in [2.75, 3.05) is 50.3 Å². The van der Waals surface area contributed by atoms with Crippen LogP contribution in [0.2, 0.25) is 5.02 Å². The lowest BCUT2D eigenvalue weighted by atomic mass is 9.96. The van der Waals surface area contributed by atoms with Crippen molar-refractivity contribution in [2.45, 2.75) is 25.2 Å². The molecule has 294 valence electrons. The Hall–Kier alpha value is -5.77. The first-order valence-electron chi connectivity index (χ1n) is 16.3. The first-order chi connectivity index (χ1) is 25.8. The molecule has 6 rings (SSSR count). The van der Waals surface area contributed by atoms with Crippen LogP contribution < -0.4 is 16.4 Å². The molecular formula is C32H32ClF6N11O5. The molecule has 3 amide bonds. The van der Waals surface area contributed by atoms with Gasteiger partial charge in [-0.2, -0.15) is 36.4 Å². The topological polar surface area (TPSA) is 206 Å². The van der Waals surface area contributed by atoms with E-state index in [1.54, 1.807) is 4.90 Å². The van der Waals surface area contributed by atoms with Crippen LogP contribution in [-0.2, 0) is 22.8 Å². The molecule has 5 N–H and O–H groups in total. The fraction of sp³-hybridized carbons (Fsp3) is 0.375. The maximum absolute atomic E-state index is 14.0. The summed E-state index contributed by atoms with van der Waals surface area (Å²) in [5, 5.41) is 16.7. The molecule has 3 aromatic heterocycles. The molecule has 16 nitrogen and oxygen atoms in total. The largest absolute Gasteiger partial charge is 0.490 e. The average Bonchev–Trinajstić information content (AvgIpc) is 3.76. The Bertz CT molecular complexity index is 2070. The van der Waals surface area contributed by atoms with Crippen molar-refractivity contribution in [2.24, 2.45) is 13.0 Å². The second kappa shape index (κ2) is 16.3. The molecule has 2 aliphatic rings. The lowest BCUT2D eigenvalue weighted by Crippen LogP contribution is -2.52. The second-order valence-corrected chi connectivity index (χ2v) is 12.6. The van der Waals surface area contributed by atoms with Gasteiger partial charge in [0.1, 0.15) is 5.82 Å². The van der Waals surface area contributed by atoms with E-state index in [4.69, 9.17) is 27.2 Å². The molecule has 4 aromatic rings. The van der Waals surface area contributed by atoms with Crippen LogP contribution in [0.1, 0.15) is 39.5 Å². The highest BCUT2D eigenvalue weighted by Gasteiger charge is 2.40. The molecule has 1 aromatic carbocycles. The summed E-state index contributed by atoms with van der Waals surface area (Å²) >= 11 is 6.47. The first-order valence-corrected chi connectivity index (χ1v) is 16.7. The van der Waals surface area contributed by atoms with Crippen LogP contribution in [0.3, 0.4) is 0 Å². The van der Waals surface area contributed by atoms with E-state index >= 15 is 0 Å². The number of piperidine rings is 1. The SMILES string of the molecule is Cn1c(-c2cn(-c3nccc(N)n3)nc2C(F)(F)F)cnc1C(=O)Nc1ccc(C(=O)N2CCN(C(=O)C3CCNCC3)CC2)c(Cl)c1.O=C(O)C(F)(F)F. The van der Waals surface area contributed by atoms with Crippen LogP contribution >= 0.6 is 11.6 Å². The van der Waals surface area contributed by atoms with E-state index < -0.39 is 29.9 Å². The van der Waals surface area contributed by atoms with E-state index in [-0.39, 0.29) is 62.9 Å². The molecule has 0 unspecified atom stereocenters. The van der Waals surface area contributed by atoms with Crippen LogP contribution in [0, 0.1) is 5.92 Å². The minimum Gasteiger partial charge on any atom is -0.475 e. The minimum absolute atomic E-state index is 0.00876. The Morgan fingerprint density at radius 2 is 1.62 bits per heavy atom. The number of halogens is 7. The Balaban J connectivity index is 0.000000757. The number of hydrogen-bond donors (Lipinski definition) is 4. The number of amides is 3. The van der Waals surface area contributed by atoms with Crippen molar-refractivity contribution < 1.29 is 50.6 Å². The molecule has 23 heteroatoms. The van der Waals surface area contributed by atoms with Crippen LogP contribution in [0.25, 0.3) is 17.2 Å². The van der Waals surface area contributed by atoms with Gasteiger partial charge in [-0.3, -0.25) is 14.4 Å². The molecule has 55 heavy (non-hydrogen) atoms. The summed E-state index contributed by atoms with van der Waals surface area (Å²) in [5.41, 5.74) is 4.49. The molecule has 2 saturated heterocycles. The molecule has 2 fully saturated rings. The van der Waals surface area contributed by atoms with E-state index in [1.165, 1.54) is 42.1 Å². The number of nitrogens with zero attached hydrogens (tertiary/aromatic N) is 8. The van der Waals surface area contributed by atoms with Gasteiger partial charge in [-0.25, -0.2) is 19.4 Å². The quantitative estimate of drug-likeness (QED) is 0.208. The number of aliphatic carboxylic acids is 1. The number of carboxylic acid groups (broad SMARTS) is 1. The minimum atomic E-state index is -5.08. The predicted octanol–water partition coefficient (Wildman–Crippen LogP) is 3.49. The highest BCUT2D eigenvalue weighted by Crippen LogP contribution is 2.37. The highest BCUT2D eigenvalue weighted by molar-refractivity contribution is 6.34. The van der Waals surface area contributed by atoms with Gasteiger partial charge in [0.25, 0.3) is 17.8 Å².